The fraction of sp³-hybridized carbons (Fsp3) is 0.333. The summed E-state index contributed by atoms with van der Waals surface area (Å²) in [6.45, 7) is 0. The summed E-state index contributed by atoms with van der Waals surface area (Å²) in [5.41, 5.74) is 2.40. The fourth-order valence-corrected chi connectivity index (χ4v) is 3.07. The van der Waals surface area contributed by atoms with Gasteiger partial charge in [-0.15, -0.1) is 0 Å². The molecule has 0 spiro atoms. The molecule has 2 amide bonds. The van der Waals surface area contributed by atoms with Crippen LogP contribution < -0.4 is 5.32 Å². The highest BCUT2D eigenvalue weighted by Crippen LogP contribution is 2.36. The first kappa shape index (κ1) is 13.2. The molecular formula is C15H15ClN2O2. The zero-order chi connectivity index (χ0) is 14.3. The van der Waals surface area contributed by atoms with E-state index in [1.807, 2.05) is 12.1 Å². The highest BCUT2D eigenvalue weighted by Gasteiger charge is 2.37. The van der Waals surface area contributed by atoms with Crippen LogP contribution in [0.2, 0.25) is 5.02 Å². The zero-order valence-electron chi connectivity index (χ0n) is 11.1. The van der Waals surface area contributed by atoms with E-state index in [9.17, 15) is 9.59 Å². The third-order valence-electron chi connectivity index (χ3n) is 3.88. The highest BCUT2D eigenvalue weighted by molar-refractivity contribution is 6.30. The molecule has 0 radical (unpaired) electrons. The number of urea groups is 1. The van der Waals surface area contributed by atoms with Gasteiger partial charge >= 0.3 is 6.03 Å². The molecule has 1 aliphatic heterocycles. The van der Waals surface area contributed by atoms with Crippen molar-refractivity contribution in [2.45, 2.75) is 25.3 Å². The predicted octanol–water partition coefficient (Wildman–Crippen LogP) is 3.04. The molecular weight excluding hydrogens is 276 g/mol. The second-order valence-corrected chi connectivity index (χ2v) is 5.57. The Labute approximate surface area is 122 Å². The Morgan fingerprint density at radius 2 is 2.10 bits per heavy atom. The van der Waals surface area contributed by atoms with Gasteiger partial charge in [0.1, 0.15) is 0 Å². The van der Waals surface area contributed by atoms with Crippen molar-refractivity contribution in [1.82, 2.24) is 10.2 Å². The predicted molar refractivity (Wildman–Crippen MR) is 76.4 cm³/mol. The van der Waals surface area contributed by atoms with Crippen molar-refractivity contribution < 1.29 is 9.59 Å². The molecule has 0 aromatic heterocycles. The third kappa shape index (κ3) is 2.10. The minimum atomic E-state index is -0.389. The van der Waals surface area contributed by atoms with Gasteiger partial charge in [0, 0.05) is 29.8 Å². The van der Waals surface area contributed by atoms with Gasteiger partial charge in [-0.25, -0.2) is 4.79 Å². The number of Topliss-reactive ketones (excluding diaryl/α,β-unsaturated/α-hetero) is 1. The molecule has 0 saturated carbocycles. The number of hydrogen-bond donors (Lipinski definition) is 1. The van der Waals surface area contributed by atoms with Gasteiger partial charge in [0.05, 0.1) is 6.04 Å². The van der Waals surface area contributed by atoms with Gasteiger partial charge in [-0.3, -0.25) is 4.79 Å². The maximum absolute atomic E-state index is 12.3. The SMILES string of the molecule is CN1C(=O)N[C@@H](c2cccc(Cl)c2)C2=C1CCCC2=O. The summed E-state index contributed by atoms with van der Waals surface area (Å²) in [4.78, 5) is 25.9. The average molecular weight is 291 g/mol. The highest BCUT2D eigenvalue weighted by atomic mass is 35.5. The number of halogens is 1. The quantitative estimate of drug-likeness (QED) is 0.864. The van der Waals surface area contributed by atoms with Crippen molar-refractivity contribution >= 4 is 23.4 Å². The molecule has 5 heteroatoms. The second kappa shape index (κ2) is 4.94. The van der Waals surface area contributed by atoms with Gasteiger partial charge < -0.3 is 10.2 Å². The van der Waals surface area contributed by atoms with Crippen LogP contribution in [0.5, 0.6) is 0 Å². The molecule has 1 aliphatic carbocycles. The molecule has 20 heavy (non-hydrogen) atoms. The molecule has 1 atom stereocenters. The largest absolute Gasteiger partial charge is 0.327 e. The van der Waals surface area contributed by atoms with Crippen LogP contribution in [0.4, 0.5) is 4.79 Å². The number of ketones is 1. The summed E-state index contributed by atoms with van der Waals surface area (Å²) in [5.74, 6) is 0.114. The van der Waals surface area contributed by atoms with E-state index < -0.39 is 0 Å². The smallest absolute Gasteiger partial charge is 0.322 e. The first-order valence-corrected chi connectivity index (χ1v) is 7.01. The Kier molecular flexibility index (Phi) is 3.26. The number of amides is 2. The maximum atomic E-state index is 12.3. The molecule has 0 bridgehead atoms. The molecule has 4 nitrogen and oxygen atoms in total. The van der Waals surface area contributed by atoms with Crippen molar-refractivity contribution in [3.05, 3.63) is 46.1 Å². The van der Waals surface area contributed by atoms with Gasteiger partial charge in [0.2, 0.25) is 0 Å². The molecule has 1 heterocycles. The van der Waals surface area contributed by atoms with Crippen molar-refractivity contribution in [2.75, 3.05) is 7.05 Å². The number of rotatable bonds is 1. The first-order valence-electron chi connectivity index (χ1n) is 6.64. The molecule has 1 N–H and O–H groups in total. The standard InChI is InChI=1S/C15H15ClN2O2/c1-18-11-6-3-7-12(19)13(11)14(17-15(18)20)9-4-2-5-10(16)8-9/h2,4-5,8,14H,3,6-7H2,1H3,(H,17,20)/t14-/m0/s1. The summed E-state index contributed by atoms with van der Waals surface area (Å²) in [7, 11) is 1.71. The van der Waals surface area contributed by atoms with Gasteiger partial charge in [-0.05, 0) is 30.5 Å². The molecule has 1 aromatic carbocycles. The Hall–Kier alpha value is -1.81. The van der Waals surface area contributed by atoms with Gasteiger partial charge in [-0.1, -0.05) is 23.7 Å². The van der Waals surface area contributed by atoms with Crippen LogP contribution in [-0.4, -0.2) is 23.8 Å². The minimum absolute atomic E-state index is 0.114. The van der Waals surface area contributed by atoms with E-state index in [0.29, 0.717) is 17.0 Å². The van der Waals surface area contributed by atoms with Crippen LogP contribution in [0, 0.1) is 0 Å². The van der Waals surface area contributed by atoms with Crippen LogP contribution in [0.1, 0.15) is 30.9 Å². The third-order valence-corrected chi connectivity index (χ3v) is 4.11. The van der Waals surface area contributed by atoms with Crippen LogP contribution >= 0.6 is 11.6 Å². The van der Waals surface area contributed by atoms with E-state index >= 15 is 0 Å². The molecule has 0 saturated heterocycles. The summed E-state index contributed by atoms with van der Waals surface area (Å²) in [6.07, 6.45) is 2.11. The molecule has 104 valence electrons. The first-order chi connectivity index (χ1) is 9.58. The Bertz CT molecular complexity index is 624. The number of nitrogens with zero attached hydrogens (tertiary/aromatic N) is 1. The van der Waals surface area contributed by atoms with Crippen LogP contribution in [0.3, 0.4) is 0 Å². The monoisotopic (exact) mass is 290 g/mol. The number of benzene rings is 1. The lowest BCUT2D eigenvalue weighted by molar-refractivity contribution is -0.116. The number of carbonyl (C=O) groups excluding carboxylic acids is 2. The van der Waals surface area contributed by atoms with Crippen LogP contribution in [0.25, 0.3) is 0 Å². The summed E-state index contributed by atoms with van der Waals surface area (Å²) >= 11 is 6.02. The van der Waals surface area contributed by atoms with E-state index in [-0.39, 0.29) is 17.9 Å². The number of carbonyl (C=O) groups is 2. The van der Waals surface area contributed by atoms with Crippen LogP contribution in [0.15, 0.2) is 35.5 Å². The van der Waals surface area contributed by atoms with E-state index in [0.717, 1.165) is 24.1 Å². The molecule has 3 rings (SSSR count). The lowest BCUT2D eigenvalue weighted by Gasteiger charge is -2.37. The lowest BCUT2D eigenvalue weighted by Crippen LogP contribution is -2.47. The van der Waals surface area contributed by atoms with Crippen molar-refractivity contribution in [1.29, 1.82) is 0 Å². The fourth-order valence-electron chi connectivity index (χ4n) is 2.87. The topological polar surface area (TPSA) is 49.4 Å². The van der Waals surface area contributed by atoms with E-state index in [4.69, 9.17) is 11.6 Å². The van der Waals surface area contributed by atoms with Crippen molar-refractivity contribution in [2.24, 2.45) is 0 Å². The Balaban J connectivity index is 2.12. The summed E-state index contributed by atoms with van der Waals surface area (Å²) < 4.78 is 0. The Morgan fingerprint density at radius 3 is 2.85 bits per heavy atom. The lowest BCUT2D eigenvalue weighted by atomic mass is 9.85. The maximum Gasteiger partial charge on any atom is 0.322 e. The van der Waals surface area contributed by atoms with Crippen molar-refractivity contribution in [3.8, 4) is 0 Å². The molecule has 2 aliphatic rings. The molecule has 1 aromatic rings. The van der Waals surface area contributed by atoms with E-state index in [2.05, 4.69) is 5.32 Å². The van der Waals surface area contributed by atoms with Crippen LogP contribution in [-0.2, 0) is 4.79 Å². The number of hydrogen-bond acceptors (Lipinski definition) is 2. The Morgan fingerprint density at radius 1 is 1.30 bits per heavy atom. The normalized spacial score (nSPS) is 22.7. The molecule has 0 unspecified atom stereocenters. The number of nitrogens with one attached hydrogen (secondary N) is 1. The summed E-state index contributed by atoms with van der Waals surface area (Å²) in [5, 5.41) is 3.49. The van der Waals surface area contributed by atoms with E-state index in [1.165, 1.54) is 0 Å². The minimum Gasteiger partial charge on any atom is -0.327 e. The van der Waals surface area contributed by atoms with Crippen molar-refractivity contribution in [3.63, 3.8) is 0 Å². The second-order valence-electron chi connectivity index (χ2n) is 5.13. The van der Waals surface area contributed by atoms with E-state index in [1.54, 1.807) is 24.1 Å². The molecule has 0 fully saturated rings. The number of allylic oxidation sites excluding steroid dienone is 1. The van der Waals surface area contributed by atoms with Gasteiger partial charge in [0.25, 0.3) is 0 Å². The van der Waals surface area contributed by atoms with Gasteiger partial charge in [0.15, 0.2) is 5.78 Å². The van der Waals surface area contributed by atoms with Gasteiger partial charge in [-0.2, -0.15) is 0 Å². The summed E-state index contributed by atoms with van der Waals surface area (Å²) in [6, 6.07) is 6.72. The zero-order valence-corrected chi connectivity index (χ0v) is 11.9. The average Bonchev–Trinajstić information content (AvgIpc) is 2.43.